The highest BCUT2D eigenvalue weighted by atomic mass is 32.2. The van der Waals surface area contributed by atoms with Crippen molar-refractivity contribution in [1.29, 1.82) is 0 Å². The molecule has 0 aliphatic heterocycles. The third kappa shape index (κ3) is 6.93. The summed E-state index contributed by atoms with van der Waals surface area (Å²) in [6.45, 7) is 2.45. The molecule has 0 aliphatic rings. The quantitative estimate of drug-likeness (QED) is 0.307. The molecule has 0 bridgehead atoms. The lowest BCUT2D eigenvalue weighted by Gasteiger charge is -2.08. The Labute approximate surface area is 208 Å². The fourth-order valence-corrected chi connectivity index (χ4v) is 4.82. The number of sulfonamides is 1. The molecule has 1 heterocycles. The van der Waals surface area contributed by atoms with Crippen LogP contribution in [0.15, 0.2) is 93.4 Å². The van der Waals surface area contributed by atoms with E-state index in [2.05, 4.69) is 20.2 Å². The van der Waals surface area contributed by atoms with Gasteiger partial charge in [-0.1, -0.05) is 59.8 Å². The fraction of sp³-hybridized carbons (Fsp3) is 0.160. The largest absolute Gasteiger partial charge is 0.411 e. The molecule has 0 saturated carbocycles. The molecule has 180 valence electrons. The molecule has 3 aromatic carbocycles. The SMILES string of the molecule is Cc1ccc(S(=O)(=O)Nc2ccc(-c3nnc(SCC(=O)NCCc4ccccc4)o3)cc2)cc1. The zero-order valence-corrected chi connectivity index (χ0v) is 20.6. The molecule has 0 aliphatic carbocycles. The summed E-state index contributed by atoms with van der Waals surface area (Å²) in [5.74, 6) is 0.330. The molecule has 35 heavy (non-hydrogen) atoms. The van der Waals surface area contributed by atoms with Crippen molar-refractivity contribution in [3.05, 3.63) is 90.0 Å². The van der Waals surface area contributed by atoms with Crippen LogP contribution in [0.25, 0.3) is 11.5 Å². The van der Waals surface area contributed by atoms with Gasteiger partial charge in [0.2, 0.25) is 11.8 Å². The van der Waals surface area contributed by atoms with Crippen LogP contribution in [0.4, 0.5) is 5.69 Å². The minimum absolute atomic E-state index is 0.115. The first-order valence-corrected chi connectivity index (χ1v) is 13.3. The van der Waals surface area contributed by atoms with Gasteiger partial charge < -0.3 is 9.73 Å². The molecule has 1 aromatic heterocycles. The average Bonchev–Trinajstić information content (AvgIpc) is 3.33. The zero-order valence-electron chi connectivity index (χ0n) is 19.0. The lowest BCUT2D eigenvalue weighted by atomic mass is 10.1. The molecule has 1 amide bonds. The highest BCUT2D eigenvalue weighted by molar-refractivity contribution is 7.99. The van der Waals surface area contributed by atoms with Gasteiger partial charge >= 0.3 is 0 Å². The van der Waals surface area contributed by atoms with Gasteiger partial charge in [0.05, 0.1) is 10.6 Å². The van der Waals surface area contributed by atoms with Crippen LogP contribution in [-0.4, -0.2) is 36.8 Å². The summed E-state index contributed by atoms with van der Waals surface area (Å²) >= 11 is 1.16. The Bertz CT molecular complexity index is 1370. The summed E-state index contributed by atoms with van der Waals surface area (Å²) in [5, 5.41) is 11.1. The van der Waals surface area contributed by atoms with E-state index >= 15 is 0 Å². The maximum Gasteiger partial charge on any atom is 0.277 e. The first-order valence-electron chi connectivity index (χ1n) is 10.9. The van der Waals surface area contributed by atoms with Crippen LogP contribution in [-0.2, 0) is 21.2 Å². The minimum Gasteiger partial charge on any atom is -0.411 e. The predicted molar refractivity (Wildman–Crippen MR) is 136 cm³/mol. The van der Waals surface area contributed by atoms with Crippen molar-refractivity contribution in [2.45, 2.75) is 23.5 Å². The first-order chi connectivity index (χ1) is 16.9. The van der Waals surface area contributed by atoms with Crippen molar-refractivity contribution >= 4 is 33.4 Å². The third-order valence-electron chi connectivity index (χ3n) is 5.03. The fourth-order valence-electron chi connectivity index (χ4n) is 3.17. The monoisotopic (exact) mass is 508 g/mol. The smallest absolute Gasteiger partial charge is 0.277 e. The van der Waals surface area contributed by atoms with Gasteiger partial charge in [-0.2, -0.15) is 0 Å². The van der Waals surface area contributed by atoms with E-state index in [0.29, 0.717) is 17.8 Å². The number of hydrogen-bond acceptors (Lipinski definition) is 7. The molecule has 2 N–H and O–H groups in total. The Hall–Kier alpha value is -3.63. The van der Waals surface area contributed by atoms with Gasteiger partial charge in [-0.05, 0) is 55.3 Å². The van der Waals surface area contributed by atoms with E-state index in [0.717, 1.165) is 29.3 Å². The molecule has 4 aromatic rings. The molecule has 0 spiro atoms. The maximum absolute atomic E-state index is 12.5. The summed E-state index contributed by atoms with van der Waals surface area (Å²) in [6.07, 6.45) is 0.763. The number of carbonyl (C=O) groups is 1. The standard InChI is InChI=1S/C25H24N4O4S2/c1-18-7-13-22(14-8-18)35(31,32)29-21-11-9-20(10-12-21)24-27-28-25(33-24)34-17-23(30)26-16-15-19-5-3-2-4-6-19/h2-14,29H,15-17H2,1H3,(H,26,30). The number of nitrogens with one attached hydrogen (secondary N) is 2. The lowest BCUT2D eigenvalue weighted by molar-refractivity contribution is -0.118. The number of rotatable bonds is 10. The summed E-state index contributed by atoms with van der Waals surface area (Å²) in [5.41, 5.74) is 3.19. The van der Waals surface area contributed by atoms with Crippen LogP contribution in [0, 0.1) is 6.92 Å². The number of benzene rings is 3. The number of anilines is 1. The Morgan fingerprint density at radius 3 is 2.37 bits per heavy atom. The van der Waals surface area contributed by atoms with E-state index in [1.807, 2.05) is 37.3 Å². The molecule has 0 atom stereocenters. The second-order valence-electron chi connectivity index (χ2n) is 7.74. The molecule has 4 rings (SSSR count). The van der Waals surface area contributed by atoms with Gasteiger partial charge in [-0.25, -0.2) is 8.42 Å². The normalized spacial score (nSPS) is 11.2. The van der Waals surface area contributed by atoms with Crippen LogP contribution in [0.3, 0.4) is 0 Å². The van der Waals surface area contributed by atoms with Gasteiger partial charge in [0, 0.05) is 17.8 Å². The lowest BCUT2D eigenvalue weighted by Crippen LogP contribution is -2.27. The van der Waals surface area contributed by atoms with Crippen molar-refractivity contribution in [2.24, 2.45) is 0 Å². The van der Waals surface area contributed by atoms with Crippen LogP contribution in [0.2, 0.25) is 0 Å². The number of aromatic nitrogens is 2. The van der Waals surface area contributed by atoms with Gasteiger partial charge in [0.15, 0.2) is 0 Å². The summed E-state index contributed by atoms with van der Waals surface area (Å²) < 4.78 is 33.3. The van der Waals surface area contributed by atoms with Crippen LogP contribution in [0.1, 0.15) is 11.1 Å². The zero-order chi connectivity index (χ0) is 24.7. The van der Waals surface area contributed by atoms with Gasteiger partial charge in [0.25, 0.3) is 15.2 Å². The number of hydrogen-bond donors (Lipinski definition) is 2. The van der Waals surface area contributed by atoms with E-state index in [4.69, 9.17) is 4.42 Å². The number of amides is 1. The van der Waals surface area contributed by atoms with Crippen molar-refractivity contribution < 1.29 is 17.6 Å². The van der Waals surface area contributed by atoms with Gasteiger partial charge in [-0.15, -0.1) is 10.2 Å². The molecular formula is C25H24N4O4S2. The summed E-state index contributed by atoms with van der Waals surface area (Å²) in [4.78, 5) is 12.3. The first kappa shape index (κ1) is 24.5. The Balaban J connectivity index is 1.28. The highest BCUT2D eigenvalue weighted by Crippen LogP contribution is 2.25. The molecule has 10 heteroatoms. The van der Waals surface area contributed by atoms with Crippen molar-refractivity contribution in [2.75, 3.05) is 17.0 Å². The molecule has 0 saturated heterocycles. The predicted octanol–water partition coefficient (Wildman–Crippen LogP) is 4.30. The van der Waals surface area contributed by atoms with E-state index in [1.165, 1.54) is 0 Å². The highest BCUT2D eigenvalue weighted by Gasteiger charge is 2.15. The Morgan fingerprint density at radius 1 is 0.943 bits per heavy atom. The number of nitrogens with zero attached hydrogens (tertiary/aromatic N) is 2. The molecular weight excluding hydrogens is 484 g/mol. The topological polar surface area (TPSA) is 114 Å². The van der Waals surface area contributed by atoms with E-state index in [1.54, 1.807) is 48.5 Å². The van der Waals surface area contributed by atoms with E-state index in [9.17, 15) is 13.2 Å². The minimum atomic E-state index is -3.68. The van der Waals surface area contributed by atoms with Crippen LogP contribution in [0.5, 0.6) is 0 Å². The van der Waals surface area contributed by atoms with Crippen LogP contribution < -0.4 is 10.0 Å². The summed E-state index contributed by atoms with van der Waals surface area (Å²) in [7, 11) is -3.68. The van der Waals surface area contributed by atoms with Crippen molar-refractivity contribution in [3.63, 3.8) is 0 Å². The second-order valence-corrected chi connectivity index (χ2v) is 10.4. The van der Waals surface area contributed by atoms with Gasteiger partial charge in [-0.3, -0.25) is 9.52 Å². The molecule has 8 nitrogen and oxygen atoms in total. The average molecular weight is 509 g/mol. The molecule has 0 fully saturated rings. The van der Waals surface area contributed by atoms with Crippen molar-refractivity contribution in [1.82, 2.24) is 15.5 Å². The van der Waals surface area contributed by atoms with Crippen molar-refractivity contribution in [3.8, 4) is 11.5 Å². The number of thioether (sulfide) groups is 1. The Kier molecular flexibility index (Phi) is 7.84. The van der Waals surface area contributed by atoms with Crippen LogP contribution >= 0.6 is 11.8 Å². The van der Waals surface area contributed by atoms with Gasteiger partial charge in [0.1, 0.15) is 0 Å². The molecule has 0 radical (unpaired) electrons. The maximum atomic E-state index is 12.5. The van der Waals surface area contributed by atoms with E-state index < -0.39 is 10.0 Å². The number of aryl methyl sites for hydroxylation is 1. The third-order valence-corrected chi connectivity index (χ3v) is 7.24. The number of carbonyl (C=O) groups excluding carboxylic acids is 1. The van der Waals surface area contributed by atoms with E-state index in [-0.39, 0.29) is 27.7 Å². The Morgan fingerprint density at radius 2 is 1.66 bits per heavy atom. The second kappa shape index (κ2) is 11.2. The summed E-state index contributed by atoms with van der Waals surface area (Å²) in [6, 6.07) is 23.2. The molecule has 0 unspecified atom stereocenters.